The van der Waals surface area contributed by atoms with Crippen molar-refractivity contribution in [1.29, 1.82) is 0 Å². The number of sulfonamides is 1. The Hall–Kier alpha value is -3.54. The molecule has 0 radical (unpaired) electrons. The molecule has 9 nitrogen and oxygen atoms in total. The van der Waals surface area contributed by atoms with Crippen LogP contribution in [0.4, 0.5) is 5.13 Å². The number of piperidine rings is 1. The Kier molecular flexibility index (Phi) is 6.50. The number of thiazole rings is 1. The van der Waals surface area contributed by atoms with E-state index in [0.717, 1.165) is 23.1 Å². The molecule has 1 amide bonds. The smallest absolute Gasteiger partial charge is 0.260 e. The maximum atomic E-state index is 13.8. The van der Waals surface area contributed by atoms with E-state index < -0.39 is 10.0 Å². The van der Waals surface area contributed by atoms with Gasteiger partial charge in [-0.1, -0.05) is 24.3 Å². The van der Waals surface area contributed by atoms with Crippen molar-refractivity contribution in [3.05, 3.63) is 72.1 Å². The summed E-state index contributed by atoms with van der Waals surface area (Å²) in [7, 11) is -3.61. The Morgan fingerprint density at radius 3 is 2.68 bits per heavy atom. The molecule has 38 heavy (non-hydrogen) atoms. The van der Waals surface area contributed by atoms with Crippen LogP contribution < -0.4 is 14.4 Å². The van der Waals surface area contributed by atoms with E-state index in [0.29, 0.717) is 46.7 Å². The Morgan fingerprint density at radius 1 is 1.16 bits per heavy atom. The second kappa shape index (κ2) is 9.97. The number of pyridine rings is 1. The molecule has 2 aromatic carbocycles. The number of hydrogen-bond acceptors (Lipinski definition) is 8. The molecule has 0 N–H and O–H groups in total. The number of hydrogen-bond donors (Lipinski definition) is 0. The largest absolute Gasteiger partial charge is 0.454 e. The molecule has 4 aromatic rings. The van der Waals surface area contributed by atoms with Crippen molar-refractivity contribution in [2.75, 3.05) is 24.8 Å². The fourth-order valence-corrected chi connectivity index (χ4v) is 7.33. The van der Waals surface area contributed by atoms with E-state index in [4.69, 9.17) is 14.5 Å². The first-order valence-corrected chi connectivity index (χ1v) is 14.7. The lowest BCUT2D eigenvalue weighted by Gasteiger charge is -2.30. The van der Waals surface area contributed by atoms with E-state index in [1.165, 1.54) is 23.5 Å². The van der Waals surface area contributed by atoms with Crippen LogP contribution in [0.3, 0.4) is 0 Å². The molecule has 2 aromatic heterocycles. The van der Waals surface area contributed by atoms with Crippen LogP contribution in [-0.2, 0) is 16.6 Å². The fraction of sp³-hybridized carbons (Fsp3) is 0.296. The van der Waals surface area contributed by atoms with Gasteiger partial charge in [-0.05, 0) is 54.7 Å². The molecule has 4 heterocycles. The molecule has 0 aliphatic carbocycles. The van der Waals surface area contributed by atoms with E-state index in [2.05, 4.69) is 11.9 Å². The van der Waals surface area contributed by atoms with Gasteiger partial charge in [0.1, 0.15) is 0 Å². The molecule has 0 saturated carbocycles. The Labute approximate surface area is 224 Å². The maximum absolute atomic E-state index is 13.8. The lowest BCUT2D eigenvalue weighted by atomic mass is 10.0. The Balaban J connectivity index is 1.32. The molecule has 6 rings (SSSR count). The summed E-state index contributed by atoms with van der Waals surface area (Å²) in [5.41, 5.74) is 1.91. The molecule has 1 unspecified atom stereocenters. The van der Waals surface area contributed by atoms with Gasteiger partial charge in [-0.3, -0.25) is 14.7 Å². The summed E-state index contributed by atoms with van der Waals surface area (Å²) in [6, 6.07) is 13.6. The van der Waals surface area contributed by atoms with Crippen LogP contribution in [-0.4, -0.2) is 48.5 Å². The van der Waals surface area contributed by atoms with Crippen molar-refractivity contribution in [2.24, 2.45) is 5.92 Å². The quantitative estimate of drug-likeness (QED) is 0.343. The SMILES string of the molecule is CC1CCCN(S(=O)(=O)c2ccc(C(=O)N(Cc3cccnc3)c3nc4cc5c(cc4s3)OCO5)cc2)C1. The van der Waals surface area contributed by atoms with E-state index in [9.17, 15) is 13.2 Å². The van der Waals surface area contributed by atoms with Crippen molar-refractivity contribution >= 4 is 42.6 Å². The standard InChI is InChI=1S/C27H26N4O5S2/c1-18-4-3-11-30(15-18)38(33,34)21-8-6-20(7-9-21)26(32)31(16-19-5-2-10-28-14-19)27-29-22-12-23-24(36-17-35-23)13-25(22)37-27/h2,5-10,12-14,18H,3-4,11,15-17H2,1H3. The summed E-state index contributed by atoms with van der Waals surface area (Å²) in [6.45, 7) is 3.52. The van der Waals surface area contributed by atoms with Gasteiger partial charge in [0, 0.05) is 43.2 Å². The first kappa shape index (κ1) is 24.8. The summed E-state index contributed by atoms with van der Waals surface area (Å²) in [4.78, 5) is 24.5. The number of benzene rings is 2. The third-order valence-corrected chi connectivity index (χ3v) is 9.69. The molecule has 1 fully saturated rings. The summed E-state index contributed by atoms with van der Waals surface area (Å²) in [5, 5.41) is 0.511. The number of ether oxygens (including phenoxy) is 2. The van der Waals surface area contributed by atoms with Gasteiger partial charge in [0.25, 0.3) is 5.91 Å². The molecular weight excluding hydrogens is 524 g/mol. The number of carbonyl (C=O) groups excluding carboxylic acids is 1. The van der Waals surface area contributed by atoms with Gasteiger partial charge < -0.3 is 9.47 Å². The van der Waals surface area contributed by atoms with Crippen molar-refractivity contribution < 1.29 is 22.7 Å². The highest BCUT2D eigenvalue weighted by Gasteiger charge is 2.29. The number of nitrogens with zero attached hydrogens (tertiary/aromatic N) is 4. The highest BCUT2D eigenvalue weighted by atomic mass is 32.2. The topological polar surface area (TPSA) is 102 Å². The predicted octanol–water partition coefficient (Wildman–Crippen LogP) is 4.69. The van der Waals surface area contributed by atoms with Crippen LogP contribution in [0.25, 0.3) is 10.2 Å². The fourth-order valence-electron chi connectivity index (χ4n) is 4.76. The van der Waals surface area contributed by atoms with Gasteiger partial charge in [-0.2, -0.15) is 4.31 Å². The second-order valence-corrected chi connectivity index (χ2v) is 12.5. The first-order valence-electron chi connectivity index (χ1n) is 12.4. The summed E-state index contributed by atoms with van der Waals surface area (Å²) < 4.78 is 39.8. The predicted molar refractivity (Wildman–Crippen MR) is 144 cm³/mol. The minimum absolute atomic E-state index is 0.174. The second-order valence-electron chi connectivity index (χ2n) is 9.56. The van der Waals surface area contributed by atoms with Crippen LogP contribution in [0.2, 0.25) is 0 Å². The van der Waals surface area contributed by atoms with Gasteiger partial charge in [0.2, 0.25) is 16.8 Å². The number of fused-ring (bicyclic) bond motifs is 2. The lowest BCUT2D eigenvalue weighted by molar-refractivity contribution is 0.0985. The molecule has 1 saturated heterocycles. The normalized spacial score (nSPS) is 17.6. The molecule has 196 valence electrons. The number of amides is 1. The number of aromatic nitrogens is 2. The lowest BCUT2D eigenvalue weighted by Crippen LogP contribution is -2.39. The van der Waals surface area contributed by atoms with Crippen LogP contribution in [0.5, 0.6) is 11.5 Å². The number of rotatable bonds is 6. The molecule has 0 bridgehead atoms. The monoisotopic (exact) mass is 550 g/mol. The molecular formula is C27H26N4O5S2. The van der Waals surface area contributed by atoms with Gasteiger partial charge in [-0.25, -0.2) is 13.4 Å². The summed E-state index contributed by atoms with van der Waals surface area (Å²) in [5.74, 6) is 1.31. The average Bonchev–Trinajstić information content (AvgIpc) is 3.56. The molecule has 2 aliphatic rings. The van der Waals surface area contributed by atoms with Crippen molar-refractivity contribution in [2.45, 2.75) is 31.2 Å². The van der Waals surface area contributed by atoms with Crippen molar-refractivity contribution in [1.82, 2.24) is 14.3 Å². The van der Waals surface area contributed by atoms with Crippen LogP contribution in [0.1, 0.15) is 35.7 Å². The van der Waals surface area contributed by atoms with Crippen LogP contribution >= 0.6 is 11.3 Å². The third-order valence-electron chi connectivity index (χ3n) is 6.77. The molecule has 0 spiro atoms. The van der Waals surface area contributed by atoms with Gasteiger partial charge >= 0.3 is 0 Å². The number of carbonyl (C=O) groups is 1. The maximum Gasteiger partial charge on any atom is 0.260 e. The highest BCUT2D eigenvalue weighted by molar-refractivity contribution is 7.89. The van der Waals surface area contributed by atoms with E-state index in [1.807, 2.05) is 24.3 Å². The highest BCUT2D eigenvalue weighted by Crippen LogP contribution is 2.40. The third kappa shape index (κ3) is 4.72. The average molecular weight is 551 g/mol. The summed E-state index contributed by atoms with van der Waals surface area (Å²) in [6.07, 6.45) is 5.26. The zero-order valence-electron chi connectivity index (χ0n) is 20.7. The van der Waals surface area contributed by atoms with Crippen LogP contribution in [0, 0.1) is 5.92 Å². The van der Waals surface area contributed by atoms with Gasteiger partial charge in [-0.15, -0.1) is 0 Å². The molecule has 2 aliphatic heterocycles. The van der Waals surface area contributed by atoms with E-state index in [1.54, 1.807) is 33.7 Å². The molecule has 11 heteroatoms. The zero-order valence-corrected chi connectivity index (χ0v) is 22.4. The van der Waals surface area contributed by atoms with Crippen LogP contribution in [0.15, 0.2) is 65.8 Å². The Morgan fingerprint density at radius 2 is 1.95 bits per heavy atom. The molecule has 1 atom stereocenters. The minimum Gasteiger partial charge on any atom is -0.454 e. The van der Waals surface area contributed by atoms with Crippen molar-refractivity contribution in [3.8, 4) is 11.5 Å². The van der Waals surface area contributed by atoms with E-state index in [-0.39, 0.29) is 24.1 Å². The first-order chi connectivity index (χ1) is 18.4. The van der Waals surface area contributed by atoms with E-state index >= 15 is 0 Å². The van der Waals surface area contributed by atoms with Crippen molar-refractivity contribution in [3.63, 3.8) is 0 Å². The zero-order chi connectivity index (χ0) is 26.3. The van der Waals surface area contributed by atoms with Gasteiger partial charge in [0.15, 0.2) is 16.6 Å². The number of anilines is 1. The Bertz CT molecular complexity index is 1550. The minimum atomic E-state index is -3.61. The van der Waals surface area contributed by atoms with Gasteiger partial charge in [0.05, 0.1) is 21.7 Å². The summed E-state index contributed by atoms with van der Waals surface area (Å²) >= 11 is 1.38.